The van der Waals surface area contributed by atoms with Crippen LogP contribution in [0.3, 0.4) is 0 Å². The third kappa shape index (κ3) is 3.60. The van der Waals surface area contributed by atoms with Gasteiger partial charge in [0.05, 0.1) is 11.9 Å². The molecule has 0 atom stereocenters. The van der Waals surface area contributed by atoms with E-state index in [1.54, 1.807) is 0 Å². The first-order chi connectivity index (χ1) is 11.3. The highest BCUT2D eigenvalue weighted by Crippen LogP contribution is 2.29. The molecule has 5 heteroatoms. The van der Waals surface area contributed by atoms with Gasteiger partial charge in [0.25, 0.3) is 0 Å². The fourth-order valence-electron chi connectivity index (χ4n) is 3.47. The van der Waals surface area contributed by atoms with Crippen LogP contribution in [0.15, 0.2) is 30.5 Å². The Balaban J connectivity index is 1.35. The standard InChI is InChI=1S/C18H23ClN4/c19-15-3-1-13(2-4-15)18-14(12-21-22-18)11-20-16-7-9-23(10-8-16)17-5-6-17/h1-4,12,16-17,20H,5-11H2,(H,21,22). The van der Waals surface area contributed by atoms with E-state index >= 15 is 0 Å². The fraction of sp³-hybridized carbons (Fsp3) is 0.500. The highest BCUT2D eigenvalue weighted by molar-refractivity contribution is 6.30. The summed E-state index contributed by atoms with van der Waals surface area (Å²) < 4.78 is 0. The molecule has 2 fully saturated rings. The number of hydrogen-bond acceptors (Lipinski definition) is 3. The van der Waals surface area contributed by atoms with E-state index in [2.05, 4.69) is 20.4 Å². The van der Waals surface area contributed by atoms with Gasteiger partial charge in [0.1, 0.15) is 0 Å². The third-order valence-electron chi connectivity index (χ3n) is 5.02. The Kier molecular flexibility index (Phi) is 4.38. The van der Waals surface area contributed by atoms with Crippen molar-refractivity contribution < 1.29 is 0 Å². The molecular weight excluding hydrogens is 308 g/mol. The lowest BCUT2D eigenvalue weighted by Crippen LogP contribution is -2.43. The summed E-state index contributed by atoms with van der Waals surface area (Å²) in [6.45, 7) is 3.36. The topological polar surface area (TPSA) is 44.0 Å². The number of aromatic nitrogens is 2. The van der Waals surface area contributed by atoms with Crippen molar-refractivity contribution in [2.75, 3.05) is 13.1 Å². The van der Waals surface area contributed by atoms with E-state index in [1.165, 1.54) is 44.3 Å². The number of aromatic amines is 1. The van der Waals surface area contributed by atoms with E-state index in [0.29, 0.717) is 6.04 Å². The zero-order valence-electron chi connectivity index (χ0n) is 13.3. The Hall–Kier alpha value is -1.36. The average molecular weight is 331 g/mol. The van der Waals surface area contributed by atoms with Crippen LogP contribution in [0.4, 0.5) is 0 Å². The number of nitrogens with zero attached hydrogens (tertiary/aromatic N) is 2. The first kappa shape index (κ1) is 15.2. The van der Waals surface area contributed by atoms with Crippen LogP contribution in [-0.2, 0) is 6.54 Å². The molecule has 1 aromatic carbocycles. The van der Waals surface area contributed by atoms with E-state index in [0.717, 1.165) is 28.9 Å². The van der Waals surface area contributed by atoms with Gasteiger partial charge in [0.15, 0.2) is 0 Å². The first-order valence-electron chi connectivity index (χ1n) is 8.55. The molecule has 2 aromatic rings. The molecule has 2 N–H and O–H groups in total. The lowest BCUT2D eigenvalue weighted by Gasteiger charge is -2.32. The molecule has 0 radical (unpaired) electrons. The molecule has 4 nitrogen and oxygen atoms in total. The third-order valence-corrected chi connectivity index (χ3v) is 5.28. The van der Waals surface area contributed by atoms with Crippen LogP contribution in [0.1, 0.15) is 31.2 Å². The molecule has 23 heavy (non-hydrogen) atoms. The van der Waals surface area contributed by atoms with Crippen molar-refractivity contribution in [1.29, 1.82) is 0 Å². The lowest BCUT2D eigenvalue weighted by molar-refractivity contribution is 0.189. The quantitative estimate of drug-likeness (QED) is 0.882. The number of nitrogens with one attached hydrogen (secondary N) is 2. The zero-order chi connectivity index (χ0) is 15.6. The summed E-state index contributed by atoms with van der Waals surface area (Å²) in [6.07, 6.45) is 7.26. The SMILES string of the molecule is Clc1ccc(-c2[nH]ncc2CNC2CCN(C3CC3)CC2)cc1. The summed E-state index contributed by atoms with van der Waals surface area (Å²) in [5.41, 5.74) is 3.44. The Labute approximate surface area is 142 Å². The lowest BCUT2D eigenvalue weighted by atomic mass is 10.0. The number of rotatable bonds is 5. The van der Waals surface area contributed by atoms with Crippen molar-refractivity contribution in [3.8, 4) is 11.3 Å². The van der Waals surface area contributed by atoms with Gasteiger partial charge in [-0.3, -0.25) is 5.10 Å². The van der Waals surface area contributed by atoms with Gasteiger partial charge >= 0.3 is 0 Å². The van der Waals surface area contributed by atoms with E-state index in [4.69, 9.17) is 11.6 Å². The summed E-state index contributed by atoms with van der Waals surface area (Å²) >= 11 is 5.97. The van der Waals surface area contributed by atoms with Gasteiger partial charge in [-0.25, -0.2) is 0 Å². The summed E-state index contributed by atoms with van der Waals surface area (Å²) in [7, 11) is 0. The maximum absolute atomic E-state index is 5.97. The molecule has 0 amide bonds. The number of hydrogen-bond donors (Lipinski definition) is 2. The number of H-pyrrole nitrogens is 1. The Morgan fingerprint density at radius 3 is 2.57 bits per heavy atom. The predicted molar refractivity (Wildman–Crippen MR) is 93.5 cm³/mol. The minimum absolute atomic E-state index is 0.623. The molecule has 1 saturated carbocycles. The van der Waals surface area contributed by atoms with Gasteiger partial charge in [-0.2, -0.15) is 5.10 Å². The first-order valence-corrected chi connectivity index (χ1v) is 8.93. The Bertz CT molecular complexity index is 639. The Morgan fingerprint density at radius 1 is 1.13 bits per heavy atom. The maximum atomic E-state index is 5.97. The van der Waals surface area contributed by atoms with Crippen molar-refractivity contribution >= 4 is 11.6 Å². The molecule has 1 aromatic heterocycles. The minimum atomic E-state index is 0.623. The monoisotopic (exact) mass is 330 g/mol. The van der Waals surface area contributed by atoms with E-state index in [1.807, 2.05) is 30.5 Å². The molecule has 1 aliphatic carbocycles. The second-order valence-electron chi connectivity index (χ2n) is 6.70. The van der Waals surface area contributed by atoms with E-state index in [-0.39, 0.29) is 0 Å². The van der Waals surface area contributed by atoms with Crippen LogP contribution < -0.4 is 5.32 Å². The molecule has 2 aliphatic rings. The smallest absolute Gasteiger partial charge is 0.0695 e. The number of likely N-dealkylation sites (tertiary alicyclic amines) is 1. The van der Waals surface area contributed by atoms with Crippen molar-refractivity contribution in [2.24, 2.45) is 0 Å². The Morgan fingerprint density at radius 2 is 1.87 bits per heavy atom. The summed E-state index contributed by atoms with van der Waals surface area (Å²) in [5, 5.41) is 11.8. The molecule has 122 valence electrons. The highest BCUT2D eigenvalue weighted by Gasteiger charge is 2.31. The highest BCUT2D eigenvalue weighted by atomic mass is 35.5. The van der Waals surface area contributed by atoms with E-state index < -0.39 is 0 Å². The van der Waals surface area contributed by atoms with Crippen molar-refractivity contribution in [1.82, 2.24) is 20.4 Å². The maximum Gasteiger partial charge on any atom is 0.0695 e. The summed E-state index contributed by atoms with van der Waals surface area (Å²) in [5.74, 6) is 0. The molecule has 0 unspecified atom stereocenters. The molecule has 0 spiro atoms. The van der Waals surface area contributed by atoms with Crippen molar-refractivity contribution in [3.63, 3.8) is 0 Å². The van der Waals surface area contributed by atoms with Crippen molar-refractivity contribution in [2.45, 2.75) is 44.3 Å². The molecule has 1 aliphatic heterocycles. The number of halogens is 1. The van der Waals surface area contributed by atoms with Gasteiger partial charge in [-0.05, 0) is 56.5 Å². The van der Waals surface area contributed by atoms with Crippen LogP contribution in [0.2, 0.25) is 5.02 Å². The van der Waals surface area contributed by atoms with Crippen LogP contribution in [0, 0.1) is 0 Å². The number of piperidine rings is 1. The minimum Gasteiger partial charge on any atom is -0.310 e. The number of benzene rings is 1. The predicted octanol–water partition coefficient (Wildman–Crippen LogP) is 3.45. The second-order valence-corrected chi connectivity index (χ2v) is 7.14. The molecular formula is C18H23ClN4. The molecule has 1 saturated heterocycles. The summed E-state index contributed by atoms with van der Waals surface area (Å²) in [4.78, 5) is 2.66. The largest absolute Gasteiger partial charge is 0.310 e. The summed E-state index contributed by atoms with van der Waals surface area (Å²) in [6, 6.07) is 9.44. The van der Waals surface area contributed by atoms with E-state index in [9.17, 15) is 0 Å². The van der Waals surface area contributed by atoms with Crippen LogP contribution >= 0.6 is 11.6 Å². The van der Waals surface area contributed by atoms with Crippen LogP contribution in [-0.4, -0.2) is 40.3 Å². The average Bonchev–Trinajstić information content (AvgIpc) is 3.33. The van der Waals surface area contributed by atoms with Crippen LogP contribution in [0.5, 0.6) is 0 Å². The van der Waals surface area contributed by atoms with Gasteiger partial charge in [0.2, 0.25) is 0 Å². The molecule has 4 rings (SSSR count). The molecule has 0 bridgehead atoms. The second kappa shape index (κ2) is 6.63. The van der Waals surface area contributed by atoms with Gasteiger partial charge < -0.3 is 10.2 Å². The van der Waals surface area contributed by atoms with Gasteiger partial charge in [-0.15, -0.1) is 0 Å². The zero-order valence-corrected chi connectivity index (χ0v) is 14.0. The van der Waals surface area contributed by atoms with Gasteiger partial charge in [0, 0.05) is 29.2 Å². The molecule has 2 heterocycles. The fourth-order valence-corrected chi connectivity index (χ4v) is 3.60. The van der Waals surface area contributed by atoms with Crippen LogP contribution in [0.25, 0.3) is 11.3 Å². The van der Waals surface area contributed by atoms with Crippen molar-refractivity contribution in [3.05, 3.63) is 41.0 Å². The van der Waals surface area contributed by atoms with Gasteiger partial charge in [-0.1, -0.05) is 23.7 Å². The normalized spacial score (nSPS) is 20.0.